The van der Waals surface area contributed by atoms with Gasteiger partial charge in [-0.05, 0) is 45.3 Å². The Labute approximate surface area is 156 Å². The first-order chi connectivity index (χ1) is 12.5. The second-order valence-corrected chi connectivity index (χ2v) is 6.97. The molecule has 0 atom stereocenters. The second kappa shape index (κ2) is 6.64. The Balaban J connectivity index is 1.72. The van der Waals surface area contributed by atoms with Gasteiger partial charge >= 0.3 is 0 Å². The van der Waals surface area contributed by atoms with Crippen LogP contribution >= 0.6 is 11.6 Å². The fourth-order valence-corrected chi connectivity index (χ4v) is 3.30. The minimum absolute atomic E-state index is 0.444. The van der Waals surface area contributed by atoms with Crippen LogP contribution in [-0.2, 0) is 0 Å². The SMILES string of the molecule is C/C(=C\c1nc(Cl)cc(N2CCCC2)n1)c1nc2c(C)ncc(C)n2n1. The molecule has 0 spiro atoms. The zero-order chi connectivity index (χ0) is 18.3. The number of aromatic nitrogens is 6. The van der Waals surface area contributed by atoms with Crippen molar-refractivity contribution >= 4 is 34.7 Å². The van der Waals surface area contributed by atoms with E-state index in [1.807, 2.05) is 37.4 Å². The first-order valence-corrected chi connectivity index (χ1v) is 9.06. The molecule has 26 heavy (non-hydrogen) atoms. The van der Waals surface area contributed by atoms with Gasteiger partial charge in [0.15, 0.2) is 17.3 Å². The number of anilines is 1. The van der Waals surface area contributed by atoms with Crippen LogP contribution in [0.4, 0.5) is 5.82 Å². The number of allylic oxidation sites excluding steroid dienone is 1. The van der Waals surface area contributed by atoms with Crippen molar-refractivity contribution in [3.05, 3.63) is 40.5 Å². The van der Waals surface area contributed by atoms with E-state index in [2.05, 4.69) is 29.9 Å². The number of halogens is 1. The number of rotatable bonds is 3. The van der Waals surface area contributed by atoms with E-state index in [0.29, 0.717) is 16.8 Å². The summed E-state index contributed by atoms with van der Waals surface area (Å²) in [5, 5.41) is 5.03. The maximum Gasteiger partial charge on any atom is 0.178 e. The van der Waals surface area contributed by atoms with Crippen molar-refractivity contribution in [1.29, 1.82) is 0 Å². The van der Waals surface area contributed by atoms with E-state index in [1.54, 1.807) is 6.20 Å². The number of hydrogen-bond donors (Lipinski definition) is 0. The molecule has 0 amide bonds. The van der Waals surface area contributed by atoms with Gasteiger partial charge in [-0.15, -0.1) is 5.10 Å². The molecule has 8 heteroatoms. The van der Waals surface area contributed by atoms with E-state index in [1.165, 1.54) is 12.8 Å². The van der Waals surface area contributed by atoms with Crippen LogP contribution in [0, 0.1) is 13.8 Å². The van der Waals surface area contributed by atoms with Crippen LogP contribution in [0.5, 0.6) is 0 Å². The van der Waals surface area contributed by atoms with Crippen LogP contribution in [0.1, 0.15) is 42.8 Å². The summed E-state index contributed by atoms with van der Waals surface area (Å²) in [5.74, 6) is 2.08. The molecule has 0 bridgehead atoms. The van der Waals surface area contributed by atoms with Gasteiger partial charge in [0.2, 0.25) is 0 Å². The predicted molar refractivity (Wildman–Crippen MR) is 102 cm³/mol. The summed E-state index contributed by atoms with van der Waals surface area (Å²) < 4.78 is 1.81. The Morgan fingerprint density at radius 3 is 2.65 bits per heavy atom. The van der Waals surface area contributed by atoms with Crippen molar-refractivity contribution < 1.29 is 0 Å². The second-order valence-electron chi connectivity index (χ2n) is 6.58. The highest BCUT2D eigenvalue weighted by Crippen LogP contribution is 2.22. The Bertz CT molecular complexity index is 963. The lowest BCUT2D eigenvalue weighted by atomic mass is 10.2. The van der Waals surface area contributed by atoms with Crippen LogP contribution < -0.4 is 4.90 Å². The topological polar surface area (TPSA) is 72.1 Å². The summed E-state index contributed by atoms with van der Waals surface area (Å²) in [7, 11) is 0. The lowest BCUT2D eigenvalue weighted by Gasteiger charge is -2.16. The Kier molecular flexibility index (Phi) is 4.32. The minimum atomic E-state index is 0.444. The van der Waals surface area contributed by atoms with E-state index in [-0.39, 0.29) is 0 Å². The molecule has 0 N–H and O–H groups in total. The summed E-state index contributed by atoms with van der Waals surface area (Å²) in [6, 6.07) is 1.82. The third kappa shape index (κ3) is 3.14. The standard InChI is InChI=1S/C18H20ClN7/c1-11(17-23-18-13(3)20-10-12(2)26(18)24-17)8-15-21-14(19)9-16(22-15)25-6-4-5-7-25/h8-10H,4-7H2,1-3H3/b11-8+. The molecule has 4 heterocycles. The average Bonchev–Trinajstić information content (AvgIpc) is 3.27. The van der Waals surface area contributed by atoms with Crippen molar-refractivity contribution in [2.24, 2.45) is 0 Å². The van der Waals surface area contributed by atoms with Gasteiger partial charge < -0.3 is 4.90 Å². The number of nitrogens with zero attached hydrogens (tertiary/aromatic N) is 7. The molecule has 0 unspecified atom stereocenters. The summed E-state index contributed by atoms with van der Waals surface area (Å²) in [6.45, 7) is 7.85. The fourth-order valence-electron chi connectivity index (χ4n) is 3.12. The average molecular weight is 370 g/mol. The molecule has 134 valence electrons. The number of fused-ring (bicyclic) bond motifs is 1. The van der Waals surface area contributed by atoms with Gasteiger partial charge in [0.05, 0.1) is 11.4 Å². The van der Waals surface area contributed by atoms with E-state index in [4.69, 9.17) is 11.6 Å². The molecule has 4 rings (SSSR count). The largest absolute Gasteiger partial charge is 0.356 e. The van der Waals surface area contributed by atoms with Crippen LogP contribution in [0.3, 0.4) is 0 Å². The van der Waals surface area contributed by atoms with Gasteiger partial charge in [-0.25, -0.2) is 19.5 Å². The van der Waals surface area contributed by atoms with Crippen molar-refractivity contribution in [3.63, 3.8) is 0 Å². The first kappa shape index (κ1) is 16.9. The van der Waals surface area contributed by atoms with Gasteiger partial charge in [-0.1, -0.05) is 11.6 Å². The van der Waals surface area contributed by atoms with Crippen LogP contribution in [0.25, 0.3) is 17.3 Å². The normalized spacial score (nSPS) is 15.2. The summed E-state index contributed by atoms with van der Waals surface area (Å²) in [6.07, 6.45) is 6.04. The Morgan fingerprint density at radius 1 is 1.15 bits per heavy atom. The molecule has 3 aromatic rings. The lowest BCUT2D eigenvalue weighted by molar-refractivity contribution is 0.881. The minimum Gasteiger partial charge on any atom is -0.356 e. The number of aryl methyl sites for hydroxylation is 2. The van der Waals surface area contributed by atoms with E-state index in [9.17, 15) is 0 Å². The van der Waals surface area contributed by atoms with Gasteiger partial charge in [0, 0.05) is 25.4 Å². The molecule has 1 aliphatic heterocycles. The maximum atomic E-state index is 6.21. The maximum absolute atomic E-state index is 6.21. The lowest BCUT2D eigenvalue weighted by Crippen LogP contribution is -2.19. The van der Waals surface area contributed by atoms with E-state index < -0.39 is 0 Å². The highest BCUT2D eigenvalue weighted by molar-refractivity contribution is 6.29. The zero-order valence-corrected chi connectivity index (χ0v) is 15.8. The molecule has 0 radical (unpaired) electrons. The molecule has 0 saturated carbocycles. The molecular weight excluding hydrogens is 350 g/mol. The quantitative estimate of drug-likeness (QED) is 0.659. The third-order valence-electron chi connectivity index (χ3n) is 4.54. The van der Waals surface area contributed by atoms with Crippen molar-refractivity contribution in [2.75, 3.05) is 18.0 Å². The van der Waals surface area contributed by atoms with Gasteiger partial charge in [-0.3, -0.25) is 4.98 Å². The molecular formula is C18H20ClN7. The highest BCUT2D eigenvalue weighted by atomic mass is 35.5. The first-order valence-electron chi connectivity index (χ1n) is 8.68. The predicted octanol–water partition coefficient (Wildman–Crippen LogP) is 3.35. The van der Waals surface area contributed by atoms with Gasteiger partial charge in [0.1, 0.15) is 11.0 Å². The van der Waals surface area contributed by atoms with Crippen molar-refractivity contribution in [3.8, 4) is 0 Å². The molecule has 1 fully saturated rings. The summed E-state index contributed by atoms with van der Waals surface area (Å²) in [5.41, 5.74) is 3.42. The molecule has 3 aromatic heterocycles. The van der Waals surface area contributed by atoms with Crippen molar-refractivity contribution in [1.82, 2.24) is 29.5 Å². The fraction of sp³-hybridized carbons (Fsp3) is 0.389. The van der Waals surface area contributed by atoms with Gasteiger partial charge in [0.25, 0.3) is 0 Å². The molecule has 7 nitrogen and oxygen atoms in total. The summed E-state index contributed by atoms with van der Waals surface area (Å²) >= 11 is 6.21. The number of hydrogen-bond acceptors (Lipinski definition) is 6. The van der Waals surface area contributed by atoms with Gasteiger partial charge in [-0.2, -0.15) is 0 Å². The highest BCUT2D eigenvalue weighted by Gasteiger charge is 2.16. The Hall–Kier alpha value is -2.54. The molecule has 0 aliphatic carbocycles. The summed E-state index contributed by atoms with van der Waals surface area (Å²) in [4.78, 5) is 20.2. The van der Waals surface area contributed by atoms with E-state index >= 15 is 0 Å². The van der Waals surface area contributed by atoms with Crippen molar-refractivity contribution in [2.45, 2.75) is 33.6 Å². The zero-order valence-electron chi connectivity index (χ0n) is 15.1. The third-order valence-corrected chi connectivity index (χ3v) is 4.73. The van der Waals surface area contributed by atoms with E-state index in [0.717, 1.165) is 41.5 Å². The molecule has 0 aromatic carbocycles. The van der Waals surface area contributed by atoms with Crippen LogP contribution in [-0.4, -0.2) is 42.6 Å². The molecule has 1 aliphatic rings. The van der Waals surface area contributed by atoms with Crippen LogP contribution in [0.2, 0.25) is 5.15 Å². The molecule has 1 saturated heterocycles. The monoisotopic (exact) mass is 369 g/mol. The Morgan fingerprint density at radius 2 is 1.92 bits per heavy atom. The smallest absolute Gasteiger partial charge is 0.178 e. The van der Waals surface area contributed by atoms with Crippen LogP contribution in [0.15, 0.2) is 12.3 Å².